The van der Waals surface area contributed by atoms with Crippen LogP contribution in [0.3, 0.4) is 0 Å². The number of halogens is 2. The van der Waals surface area contributed by atoms with Gasteiger partial charge in [-0.25, -0.2) is 19.2 Å². The highest BCUT2D eigenvalue weighted by atomic mass is 35.5. The van der Waals surface area contributed by atoms with Gasteiger partial charge in [0, 0.05) is 48.3 Å². The van der Waals surface area contributed by atoms with Crippen LogP contribution in [0.25, 0.3) is 22.2 Å². The molecular weight excluding hydrogens is 449 g/mol. The number of methoxy groups -OCH3 is 1. The summed E-state index contributed by atoms with van der Waals surface area (Å²) in [6, 6.07) is 8.09. The monoisotopic (exact) mass is 473 g/mol. The minimum atomic E-state index is -0.503. The van der Waals surface area contributed by atoms with Crippen molar-refractivity contribution in [3.05, 3.63) is 47.4 Å². The quantitative estimate of drug-likeness (QED) is 0.497. The van der Waals surface area contributed by atoms with Crippen LogP contribution in [0, 0.1) is 11.7 Å². The van der Waals surface area contributed by atoms with Crippen LogP contribution in [0.15, 0.2) is 36.5 Å². The fourth-order valence-corrected chi connectivity index (χ4v) is 3.72. The molecule has 9 heteroatoms. The number of hydrogen-bond donors (Lipinski definition) is 0. The molecule has 0 spiro atoms. The van der Waals surface area contributed by atoms with Crippen molar-refractivity contribution in [3.63, 3.8) is 0 Å². The highest BCUT2D eigenvalue weighted by molar-refractivity contribution is 6.35. The smallest absolute Gasteiger partial charge is 0.410 e. The third-order valence-electron chi connectivity index (χ3n) is 5.14. The lowest BCUT2D eigenvalue weighted by molar-refractivity contribution is -0.00807. The molecule has 0 aliphatic carbocycles. The Balaban J connectivity index is 1.38. The molecular formula is C24H25ClFN3O4. The average Bonchev–Trinajstić information content (AvgIpc) is 2.71. The lowest BCUT2D eigenvalue weighted by Crippen LogP contribution is -2.53. The summed E-state index contributed by atoms with van der Waals surface area (Å²) in [5, 5.41) is 0.893. The van der Waals surface area contributed by atoms with Crippen molar-refractivity contribution >= 4 is 28.6 Å². The molecule has 1 aliphatic heterocycles. The van der Waals surface area contributed by atoms with Crippen molar-refractivity contribution in [2.24, 2.45) is 5.92 Å². The maximum atomic E-state index is 14.0. The number of likely N-dealkylation sites (tertiary alicyclic amines) is 1. The molecule has 0 unspecified atom stereocenters. The number of carbonyl (C=O) groups is 1. The predicted molar refractivity (Wildman–Crippen MR) is 123 cm³/mol. The van der Waals surface area contributed by atoms with Crippen LogP contribution in [0.2, 0.25) is 5.02 Å². The van der Waals surface area contributed by atoms with E-state index in [0.29, 0.717) is 47.2 Å². The van der Waals surface area contributed by atoms with Gasteiger partial charge < -0.3 is 19.1 Å². The molecule has 0 N–H and O–H groups in total. The molecule has 1 amide bonds. The highest BCUT2D eigenvalue weighted by Gasteiger charge is 2.34. The van der Waals surface area contributed by atoms with E-state index in [0.717, 1.165) is 5.56 Å². The second-order valence-corrected chi connectivity index (χ2v) is 9.35. The molecule has 0 radical (unpaired) electrons. The number of benzene rings is 1. The molecule has 0 bridgehead atoms. The molecule has 3 heterocycles. The molecule has 3 aromatic rings. The Bertz CT molecular complexity index is 1180. The summed E-state index contributed by atoms with van der Waals surface area (Å²) in [4.78, 5) is 22.6. The van der Waals surface area contributed by atoms with Gasteiger partial charge in [-0.3, -0.25) is 0 Å². The molecule has 0 atom stereocenters. The van der Waals surface area contributed by atoms with Crippen LogP contribution >= 0.6 is 11.6 Å². The SMILES string of the molecule is COc1cc2nc(-c3ccc(OCC4CN(C(=O)OC(C)(C)C)C4)nc3)cc(Cl)c2cc1F. The summed E-state index contributed by atoms with van der Waals surface area (Å²) < 4.78 is 30.2. The first-order valence-electron chi connectivity index (χ1n) is 10.5. The van der Waals surface area contributed by atoms with Gasteiger partial charge in [-0.05, 0) is 39.0 Å². The number of aromatic nitrogens is 2. The summed E-state index contributed by atoms with van der Waals surface area (Å²) >= 11 is 6.36. The first-order valence-corrected chi connectivity index (χ1v) is 10.9. The number of fused-ring (bicyclic) bond motifs is 1. The van der Waals surface area contributed by atoms with E-state index in [1.54, 1.807) is 23.2 Å². The molecule has 174 valence electrons. The van der Waals surface area contributed by atoms with Gasteiger partial charge in [0.2, 0.25) is 5.88 Å². The van der Waals surface area contributed by atoms with Crippen LogP contribution in [-0.2, 0) is 4.74 Å². The Morgan fingerprint density at radius 3 is 2.64 bits per heavy atom. The maximum Gasteiger partial charge on any atom is 0.410 e. The van der Waals surface area contributed by atoms with Gasteiger partial charge in [-0.1, -0.05) is 11.6 Å². The van der Waals surface area contributed by atoms with E-state index in [9.17, 15) is 9.18 Å². The fraction of sp³-hybridized carbons (Fsp3) is 0.375. The van der Waals surface area contributed by atoms with Crippen molar-refractivity contribution < 1.29 is 23.4 Å². The lowest BCUT2D eigenvalue weighted by atomic mass is 10.0. The molecule has 1 aromatic carbocycles. The molecule has 2 aromatic heterocycles. The summed E-state index contributed by atoms with van der Waals surface area (Å²) in [5.74, 6) is 0.317. The third-order valence-corrected chi connectivity index (χ3v) is 5.45. The van der Waals surface area contributed by atoms with Crippen molar-refractivity contribution in [2.45, 2.75) is 26.4 Å². The first-order chi connectivity index (χ1) is 15.6. The zero-order valence-electron chi connectivity index (χ0n) is 18.9. The Labute approximate surface area is 196 Å². The average molecular weight is 474 g/mol. The number of rotatable bonds is 5. The van der Waals surface area contributed by atoms with Crippen LogP contribution < -0.4 is 9.47 Å². The first kappa shape index (κ1) is 23.0. The molecule has 0 saturated carbocycles. The van der Waals surface area contributed by atoms with Crippen LogP contribution in [0.1, 0.15) is 20.8 Å². The number of amides is 1. The molecule has 33 heavy (non-hydrogen) atoms. The van der Waals surface area contributed by atoms with Crippen molar-refractivity contribution in [1.82, 2.24) is 14.9 Å². The predicted octanol–water partition coefficient (Wildman–Crippen LogP) is 5.34. The number of pyridine rings is 2. The normalized spacial score (nSPS) is 14.2. The number of ether oxygens (including phenoxy) is 3. The Kier molecular flexibility index (Phi) is 6.30. The topological polar surface area (TPSA) is 73.8 Å². The largest absolute Gasteiger partial charge is 0.494 e. The number of hydrogen-bond acceptors (Lipinski definition) is 6. The molecule has 1 aliphatic rings. The number of nitrogens with zero attached hydrogens (tertiary/aromatic N) is 3. The minimum Gasteiger partial charge on any atom is -0.494 e. The third kappa shape index (κ3) is 5.27. The van der Waals surface area contributed by atoms with Gasteiger partial charge in [0.05, 0.1) is 29.9 Å². The molecule has 7 nitrogen and oxygen atoms in total. The Hall–Kier alpha value is -3.13. The molecule has 4 rings (SSSR count). The van der Waals surface area contributed by atoms with Gasteiger partial charge in [0.1, 0.15) is 5.60 Å². The van der Waals surface area contributed by atoms with Gasteiger partial charge in [-0.15, -0.1) is 0 Å². The maximum absolute atomic E-state index is 14.0. The second kappa shape index (κ2) is 9.02. The van der Waals surface area contributed by atoms with E-state index in [1.165, 1.54) is 19.2 Å². The van der Waals surface area contributed by atoms with E-state index in [4.69, 9.17) is 25.8 Å². The van der Waals surface area contributed by atoms with Crippen LogP contribution in [-0.4, -0.2) is 53.4 Å². The minimum absolute atomic E-state index is 0.103. The Morgan fingerprint density at radius 1 is 1.24 bits per heavy atom. The summed E-state index contributed by atoms with van der Waals surface area (Å²) in [5.41, 5.74) is 1.37. The summed E-state index contributed by atoms with van der Waals surface area (Å²) in [6.45, 7) is 7.18. The highest BCUT2D eigenvalue weighted by Crippen LogP contribution is 2.32. The van der Waals surface area contributed by atoms with E-state index in [1.807, 2.05) is 26.8 Å². The van der Waals surface area contributed by atoms with Gasteiger partial charge >= 0.3 is 6.09 Å². The Morgan fingerprint density at radius 2 is 2.00 bits per heavy atom. The van der Waals surface area contributed by atoms with Crippen molar-refractivity contribution in [2.75, 3.05) is 26.8 Å². The second-order valence-electron chi connectivity index (χ2n) is 8.94. The molecule has 1 saturated heterocycles. The number of carbonyl (C=O) groups excluding carboxylic acids is 1. The molecule has 1 fully saturated rings. The van der Waals surface area contributed by atoms with Crippen molar-refractivity contribution in [3.8, 4) is 22.9 Å². The zero-order valence-corrected chi connectivity index (χ0v) is 19.6. The van der Waals surface area contributed by atoms with Gasteiger partial charge in [0.25, 0.3) is 0 Å². The van der Waals surface area contributed by atoms with E-state index < -0.39 is 11.4 Å². The summed E-state index contributed by atoms with van der Waals surface area (Å²) in [7, 11) is 1.40. The van der Waals surface area contributed by atoms with Gasteiger partial charge in [0.15, 0.2) is 11.6 Å². The van der Waals surface area contributed by atoms with E-state index in [2.05, 4.69) is 9.97 Å². The van der Waals surface area contributed by atoms with Crippen LogP contribution in [0.4, 0.5) is 9.18 Å². The van der Waals surface area contributed by atoms with Crippen molar-refractivity contribution in [1.29, 1.82) is 0 Å². The zero-order chi connectivity index (χ0) is 23.8. The lowest BCUT2D eigenvalue weighted by Gasteiger charge is -2.39. The fourth-order valence-electron chi connectivity index (χ4n) is 3.46. The van der Waals surface area contributed by atoms with Gasteiger partial charge in [-0.2, -0.15) is 0 Å². The summed E-state index contributed by atoms with van der Waals surface area (Å²) in [6.07, 6.45) is 1.34. The van der Waals surface area contributed by atoms with Crippen LogP contribution in [0.5, 0.6) is 11.6 Å². The standard InChI is InChI=1S/C24H25ClFN3O4/c1-24(2,3)33-23(30)29-11-14(12-29)13-32-22-6-5-15(10-27-22)19-8-17(25)16-7-18(26)21(31-4)9-20(16)28-19/h5-10,14H,11-13H2,1-4H3. The van der Waals surface area contributed by atoms with E-state index >= 15 is 0 Å². The van der Waals surface area contributed by atoms with E-state index in [-0.39, 0.29) is 17.8 Å².